The Kier molecular flexibility index (Phi) is 5.26. The first-order valence-corrected chi connectivity index (χ1v) is 7.61. The van der Waals surface area contributed by atoms with Crippen LogP contribution in [0.5, 0.6) is 0 Å². The molecule has 114 valence electrons. The summed E-state index contributed by atoms with van der Waals surface area (Å²) in [6, 6.07) is 5.44. The highest BCUT2D eigenvalue weighted by atomic mass is 16.1. The number of nitrogens with one attached hydrogen (secondary N) is 1. The van der Waals surface area contributed by atoms with Gasteiger partial charge in [-0.3, -0.25) is 4.79 Å². The zero-order chi connectivity index (χ0) is 15.2. The smallest absolute Gasteiger partial charge is 0.251 e. The van der Waals surface area contributed by atoms with Gasteiger partial charge in [0, 0.05) is 26.2 Å². The molecule has 3 N–H and O–H groups in total. The molecule has 1 aromatic carbocycles. The van der Waals surface area contributed by atoms with E-state index in [4.69, 9.17) is 5.73 Å². The van der Waals surface area contributed by atoms with Gasteiger partial charge in [-0.05, 0) is 50.3 Å². The molecule has 1 amide bonds. The average molecular weight is 287 g/mol. The van der Waals surface area contributed by atoms with Gasteiger partial charge in [0.15, 0.2) is 0 Å². The summed E-state index contributed by atoms with van der Waals surface area (Å²) in [5, 5.41) is 2.97. The Hall–Kier alpha value is -1.97. The Morgan fingerprint density at radius 2 is 2.14 bits per heavy atom. The van der Waals surface area contributed by atoms with Gasteiger partial charge in [-0.25, -0.2) is 0 Å². The molecule has 0 aromatic heterocycles. The number of nitrogens with two attached hydrogens (primary N) is 1. The summed E-state index contributed by atoms with van der Waals surface area (Å²) in [5.41, 5.74) is 9.63. The lowest BCUT2D eigenvalue weighted by Crippen LogP contribution is -2.25. The highest BCUT2D eigenvalue weighted by Crippen LogP contribution is 2.22. The van der Waals surface area contributed by atoms with Crippen LogP contribution in [0, 0.1) is 0 Å². The van der Waals surface area contributed by atoms with Crippen LogP contribution in [0.25, 0.3) is 0 Å². The summed E-state index contributed by atoms with van der Waals surface area (Å²) in [6.45, 7) is 0.694. The minimum absolute atomic E-state index is 0.0524. The Labute approximate surface area is 127 Å². The van der Waals surface area contributed by atoms with Crippen molar-refractivity contribution in [3.63, 3.8) is 0 Å². The van der Waals surface area contributed by atoms with Gasteiger partial charge in [-0.1, -0.05) is 11.6 Å². The maximum absolute atomic E-state index is 12.1. The number of hydrogen-bond donors (Lipinski definition) is 2. The number of benzene rings is 1. The predicted molar refractivity (Wildman–Crippen MR) is 88.7 cm³/mol. The molecule has 0 heterocycles. The Morgan fingerprint density at radius 1 is 1.33 bits per heavy atom. The van der Waals surface area contributed by atoms with E-state index < -0.39 is 0 Å². The fourth-order valence-electron chi connectivity index (χ4n) is 2.67. The number of nitrogen functional groups attached to an aromatic ring is 1. The summed E-state index contributed by atoms with van der Waals surface area (Å²) < 4.78 is 0. The number of anilines is 2. The van der Waals surface area contributed by atoms with Crippen molar-refractivity contribution >= 4 is 17.3 Å². The molecule has 0 spiro atoms. The highest BCUT2D eigenvalue weighted by Gasteiger charge is 2.09. The maximum atomic E-state index is 12.1. The second-order valence-corrected chi connectivity index (χ2v) is 5.78. The van der Waals surface area contributed by atoms with Crippen molar-refractivity contribution in [2.45, 2.75) is 32.1 Å². The summed E-state index contributed by atoms with van der Waals surface area (Å²) in [6.07, 6.45) is 8.22. The first kappa shape index (κ1) is 15.4. The van der Waals surface area contributed by atoms with Crippen molar-refractivity contribution in [2.75, 3.05) is 31.3 Å². The summed E-state index contributed by atoms with van der Waals surface area (Å²) in [7, 11) is 3.87. The summed E-state index contributed by atoms with van der Waals surface area (Å²) >= 11 is 0. The number of rotatable bonds is 5. The normalized spacial score (nSPS) is 14.5. The van der Waals surface area contributed by atoms with E-state index in [1.165, 1.54) is 31.3 Å². The molecular weight excluding hydrogens is 262 g/mol. The third-order valence-electron chi connectivity index (χ3n) is 3.89. The standard InChI is InChI=1S/C17H25N3O/c1-20(2)16-9-8-14(12-15(16)18)17(21)19-11-10-13-6-4-3-5-7-13/h6,8-9,12H,3-5,7,10-11,18H2,1-2H3,(H,19,21). The molecule has 0 saturated carbocycles. The molecule has 1 aliphatic carbocycles. The first-order valence-electron chi connectivity index (χ1n) is 7.61. The Bertz CT molecular complexity index is 535. The van der Waals surface area contributed by atoms with Gasteiger partial charge in [-0.2, -0.15) is 0 Å². The molecule has 0 fully saturated rings. The molecule has 4 nitrogen and oxygen atoms in total. The van der Waals surface area contributed by atoms with Gasteiger partial charge in [0.25, 0.3) is 5.91 Å². The molecule has 4 heteroatoms. The van der Waals surface area contributed by atoms with Gasteiger partial charge >= 0.3 is 0 Å². The average Bonchev–Trinajstić information content (AvgIpc) is 2.47. The molecule has 0 radical (unpaired) electrons. The van der Waals surface area contributed by atoms with Crippen LogP contribution in [-0.4, -0.2) is 26.5 Å². The molecule has 0 unspecified atom stereocenters. The fourth-order valence-corrected chi connectivity index (χ4v) is 2.67. The van der Waals surface area contributed by atoms with E-state index in [0.717, 1.165) is 12.1 Å². The minimum atomic E-state index is -0.0524. The van der Waals surface area contributed by atoms with E-state index in [-0.39, 0.29) is 5.91 Å². The number of allylic oxidation sites excluding steroid dienone is 1. The lowest BCUT2D eigenvalue weighted by Gasteiger charge is -2.16. The number of carbonyl (C=O) groups excluding carboxylic acids is 1. The van der Waals surface area contributed by atoms with Crippen LogP contribution in [0.2, 0.25) is 0 Å². The molecule has 0 atom stereocenters. The molecule has 0 saturated heterocycles. The fraction of sp³-hybridized carbons (Fsp3) is 0.471. The number of amides is 1. The quantitative estimate of drug-likeness (QED) is 0.646. The third-order valence-corrected chi connectivity index (χ3v) is 3.89. The van der Waals surface area contributed by atoms with Crippen LogP contribution in [0.3, 0.4) is 0 Å². The number of hydrogen-bond acceptors (Lipinski definition) is 3. The summed E-state index contributed by atoms with van der Waals surface area (Å²) in [5.74, 6) is -0.0524. The molecular formula is C17H25N3O. The number of nitrogens with zero attached hydrogens (tertiary/aromatic N) is 1. The van der Waals surface area contributed by atoms with Gasteiger partial charge in [0.05, 0.1) is 11.4 Å². The molecule has 1 aliphatic rings. The first-order chi connectivity index (χ1) is 10.1. The van der Waals surface area contributed by atoms with E-state index in [9.17, 15) is 4.79 Å². The summed E-state index contributed by atoms with van der Waals surface area (Å²) in [4.78, 5) is 14.1. The molecule has 1 aromatic rings. The van der Waals surface area contributed by atoms with Crippen molar-refractivity contribution in [2.24, 2.45) is 0 Å². The zero-order valence-electron chi connectivity index (χ0n) is 13.0. The van der Waals surface area contributed by atoms with Gasteiger partial charge in [-0.15, -0.1) is 0 Å². The molecule has 0 bridgehead atoms. The van der Waals surface area contributed by atoms with Crippen molar-refractivity contribution < 1.29 is 4.79 Å². The van der Waals surface area contributed by atoms with Crippen LogP contribution < -0.4 is 16.0 Å². The van der Waals surface area contributed by atoms with E-state index in [0.29, 0.717) is 17.8 Å². The second-order valence-electron chi connectivity index (χ2n) is 5.78. The topological polar surface area (TPSA) is 58.4 Å². The van der Waals surface area contributed by atoms with Gasteiger partial charge in [0.1, 0.15) is 0 Å². The van der Waals surface area contributed by atoms with Gasteiger partial charge < -0.3 is 16.0 Å². The van der Waals surface area contributed by atoms with Crippen molar-refractivity contribution in [3.05, 3.63) is 35.4 Å². The molecule has 0 aliphatic heterocycles. The Morgan fingerprint density at radius 3 is 2.76 bits per heavy atom. The van der Waals surface area contributed by atoms with Crippen molar-refractivity contribution in [3.8, 4) is 0 Å². The third kappa shape index (κ3) is 4.25. The number of carbonyl (C=O) groups is 1. The minimum Gasteiger partial charge on any atom is -0.397 e. The van der Waals surface area contributed by atoms with E-state index in [1.54, 1.807) is 6.07 Å². The lowest BCUT2D eigenvalue weighted by atomic mass is 9.97. The van der Waals surface area contributed by atoms with E-state index in [1.807, 2.05) is 31.1 Å². The van der Waals surface area contributed by atoms with Crippen LogP contribution in [0.1, 0.15) is 42.5 Å². The monoisotopic (exact) mass is 287 g/mol. The Balaban J connectivity index is 1.88. The van der Waals surface area contributed by atoms with Crippen LogP contribution in [0.15, 0.2) is 29.8 Å². The SMILES string of the molecule is CN(C)c1ccc(C(=O)NCCC2=CCCCC2)cc1N. The van der Waals surface area contributed by atoms with Gasteiger partial charge in [0.2, 0.25) is 0 Å². The van der Waals surface area contributed by atoms with Crippen LogP contribution in [0.4, 0.5) is 11.4 Å². The van der Waals surface area contributed by atoms with Crippen molar-refractivity contribution in [1.82, 2.24) is 5.32 Å². The second kappa shape index (κ2) is 7.16. The molecule has 2 rings (SSSR count). The molecule has 21 heavy (non-hydrogen) atoms. The maximum Gasteiger partial charge on any atom is 0.251 e. The zero-order valence-corrected chi connectivity index (χ0v) is 13.0. The lowest BCUT2D eigenvalue weighted by molar-refractivity contribution is 0.0954. The highest BCUT2D eigenvalue weighted by molar-refractivity contribution is 5.96. The predicted octanol–water partition coefficient (Wildman–Crippen LogP) is 2.96. The van der Waals surface area contributed by atoms with Crippen LogP contribution in [-0.2, 0) is 0 Å². The van der Waals surface area contributed by atoms with E-state index in [2.05, 4.69) is 11.4 Å². The largest absolute Gasteiger partial charge is 0.397 e. The van der Waals surface area contributed by atoms with E-state index >= 15 is 0 Å². The van der Waals surface area contributed by atoms with Crippen molar-refractivity contribution in [1.29, 1.82) is 0 Å². The van der Waals surface area contributed by atoms with Crippen LogP contribution >= 0.6 is 0 Å².